The minimum absolute atomic E-state index is 0.0486. The van der Waals surface area contributed by atoms with E-state index in [1.54, 1.807) is 20.8 Å². The summed E-state index contributed by atoms with van der Waals surface area (Å²) < 4.78 is 11.1. The van der Waals surface area contributed by atoms with Gasteiger partial charge in [0.15, 0.2) is 0 Å². The molecular weight excluding hydrogens is 508 g/mol. The molecule has 3 aromatic rings. The molecule has 210 valence electrons. The van der Waals surface area contributed by atoms with E-state index in [-0.39, 0.29) is 38.6 Å². The average molecular weight is 545 g/mol. The summed E-state index contributed by atoms with van der Waals surface area (Å²) in [6.07, 6.45) is -0.747. The number of carbonyl (C=O) groups excluding carboxylic acids is 2. The first kappa shape index (κ1) is 28.7. The fraction of sp³-hybridized carbons (Fsp3) is 0.344. The third kappa shape index (κ3) is 7.62. The highest BCUT2D eigenvalue weighted by atomic mass is 16.6. The van der Waals surface area contributed by atoms with Crippen molar-refractivity contribution in [2.75, 3.05) is 13.2 Å². The van der Waals surface area contributed by atoms with Crippen LogP contribution in [0.15, 0.2) is 72.8 Å². The fourth-order valence-electron chi connectivity index (χ4n) is 4.89. The molecular formula is C32H36N2O6. The summed E-state index contributed by atoms with van der Waals surface area (Å²) in [6.45, 7) is 6.34. The van der Waals surface area contributed by atoms with Crippen LogP contribution in [-0.4, -0.2) is 46.9 Å². The Morgan fingerprint density at radius 2 is 1.52 bits per heavy atom. The lowest BCUT2D eigenvalue weighted by molar-refractivity contribution is -0.137. The van der Waals surface area contributed by atoms with E-state index in [2.05, 4.69) is 29.6 Å². The van der Waals surface area contributed by atoms with Crippen LogP contribution in [0.2, 0.25) is 0 Å². The molecule has 0 spiro atoms. The Labute approximate surface area is 234 Å². The Morgan fingerprint density at radius 3 is 2.15 bits per heavy atom. The van der Waals surface area contributed by atoms with Crippen molar-refractivity contribution in [2.24, 2.45) is 0 Å². The zero-order chi connectivity index (χ0) is 28.7. The van der Waals surface area contributed by atoms with E-state index in [4.69, 9.17) is 14.6 Å². The van der Waals surface area contributed by atoms with Crippen molar-refractivity contribution in [3.8, 4) is 11.1 Å². The van der Waals surface area contributed by atoms with Gasteiger partial charge in [0.25, 0.3) is 0 Å². The van der Waals surface area contributed by atoms with E-state index in [0.717, 1.165) is 33.4 Å². The van der Waals surface area contributed by atoms with Gasteiger partial charge in [-0.05, 0) is 60.6 Å². The highest BCUT2D eigenvalue weighted by Gasteiger charge is 2.29. The number of aliphatic carboxylic acids is 1. The maximum Gasteiger partial charge on any atom is 0.410 e. The lowest BCUT2D eigenvalue weighted by atomic mass is 9.98. The second kappa shape index (κ2) is 12.7. The molecule has 0 radical (unpaired) electrons. The lowest BCUT2D eigenvalue weighted by Crippen LogP contribution is -2.33. The van der Waals surface area contributed by atoms with E-state index in [0.29, 0.717) is 6.42 Å². The number of carboxylic acids is 1. The summed E-state index contributed by atoms with van der Waals surface area (Å²) in [6, 6.07) is 23.8. The standard InChI is InChI=1S/C32H36N2O6/c1-32(2,3)40-30(37)33-19-22-10-8-11-23(18-22)20-34(17-9-16-29(35)36)31(38)39-21-28-26-14-6-4-12-24(26)25-13-5-7-15-27(25)28/h4-8,10-15,18,28H,9,16-17,19-21H2,1-3H3,(H,33,37)(H,35,36). The van der Waals surface area contributed by atoms with Gasteiger partial charge in [0.05, 0.1) is 0 Å². The molecule has 0 bridgehead atoms. The number of fused-ring (bicyclic) bond motifs is 3. The lowest BCUT2D eigenvalue weighted by Gasteiger charge is -2.24. The summed E-state index contributed by atoms with van der Waals surface area (Å²) in [4.78, 5) is 38.0. The van der Waals surface area contributed by atoms with Crippen LogP contribution in [0.25, 0.3) is 11.1 Å². The van der Waals surface area contributed by atoms with Crippen molar-refractivity contribution in [3.05, 3.63) is 95.1 Å². The van der Waals surface area contributed by atoms with E-state index < -0.39 is 23.8 Å². The van der Waals surface area contributed by atoms with Crippen LogP contribution in [0.3, 0.4) is 0 Å². The molecule has 0 aromatic heterocycles. The predicted molar refractivity (Wildman–Crippen MR) is 152 cm³/mol. The molecule has 3 aromatic carbocycles. The Kier molecular flexibility index (Phi) is 9.09. The maximum atomic E-state index is 13.3. The number of amides is 2. The molecule has 8 heteroatoms. The van der Waals surface area contributed by atoms with E-state index in [9.17, 15) is 14.4 Å². The Bertz CT molecular complexity index is 1320. The monoisotopic (exact) mass is 544 g/mol. The number of ether oxygens (including phenoxy) is 2. The van der Waals surface area contributed by atoms with Crippen molar-refractivity contribution in [2.45, 2.75) is 58.2 Å². The number of benzene rings is 3. The maximum absolute atomic E-state index is 13.3. The number of hydrogen-bond donors (Lipinski definition) is 2. The van der Waals surface area contributed by atoms with Gasteiger partial charge in [-0.25, -0.2) is 9.59 Å². The SMILES string of the molecule is CC(C)(C)OC(=O)NCc1cccc(CN(CCCC(=O)O)C(=O)OCC2c3ccccc3-c3ccccc32)c1. The van der Waals surface area contributed by atoms with Crippen LogP contribution in [0.4, 0.5) is 9.59 Å². The topological polar surface area (TPSA) is 105 Å². The van der Waals surface area contributed by atoms with Gasteiger partial charge in [-0.15, -0.1) is 0 Å². The largest absolute Gasteiger partial charge is 0.481 e. The Hall–Kier alpha value is -4.33. The number of hydrogen-bond acceptors (Lipinski definition) is 5. The van der Waals surface area contributed by atoms with Crippen LogP contribution < -0.4 is 5.32 Å². The third-order valence-electron chi connectivity index (χ3n) is 6.61. The number of carbonyl (C=O) groups is 3. The van der Waals surface area contributed by atoms with Gasteiger partial charge in [-0.1, -0.05) is 72.8 Å². The second-order valence-corrected chi connectivity index (χ2v) is 10.9. The fourth-order valence-corrected chi connectivity index (χ4v) is 4.89. The molecule has 0 aliphatic heterocycles. The van der Waals surface area contributed by atoms with Gasteiger partial charge in [-0.3, -0.25) is 4.79 Å². The van der Waals surface area contributed by atoms with E-state index in [1.807, 2.05) is 48.5 Å². The molecule has 0 saturated heterocycles. The van der Waals surface area contributed by atoms with Crippen molar-refractivity contribution < 1.29 is 29.0 Å². The predicted octanol–water partition coefficient (Wildman–Crippen LogP) is 6.33. The highest BCUT2D eigenvalue weighted by Crippen LogP contribution is 2.44. The number of rotatable bonds is 10. The summed E-state index contributed by atoms with van der Waals surface area (Å²) in [5, 5.41) is 11.9. The van der Waals surface area contributed by atoms with Crippen LogP contribution in [0.5, 0.6) is 0 Å². The molecule has 4 rings (SSSR count). The van der Waals surface area contributed by atoms with Crippen LogP contribution in [-0.2, 0) is 27.4 Å². The van der Waals surface area contributed by atoms with Crippen molar-refractivity contribution in [1.29, 1.82) is 0 Å². The highest BCUT2D eigenvalue weighted by molar-refractivity contribution is 5.79. The molecule has 1 aliphatic rings. The summed E-state index contributed by atoms with van der Waals surface area (Å²) in [5.74, 6) is -0.984. The summed E-state index contributed by atoms with van der Waals surface area (Å²) in [5.41, 5.74) is 5.64. The molecule has 0 unspecified atom stereocenters. The Morgan fingerprint density at radius 1 is 0.900 bits per heavy atom. The first-order valence-corrected chi connectivity index (χ1v) is 13.5. The van der Waals surface area contributed by atoms with Crippen molar-refractivity contribution >= 4 is 18.2 Å². The van der Waals surface area contributed by atoms with Gasteiger partial charge in [-0.2, -0.15) is 0 Å². The molecule has 2 amide bonds. The summed E-state index contributed by atoms with van der Waals surface area (Å²) >= 11 is 0. The van der Waals surface area contributed by atoms with Gasteiger partial charge >= 0.3 is 18.2 Å². The van der Waals surface area contributed by atoms with Crippen LogP contribution >= 0.6 is 0 Å². The number of alkyl carbamates (subject to hydrolysis) is 1. The molecule has 1 aliphatic carbocycles. The second-order valence-electron chi connectivity index (χ2n) is 10.9. The molecule has 0 saturated carbocycles. The zero-order valence-corrected chi connectivity index (χ0v) is 23.2. The third-order valence-corrected chi connectivity index (χ3v) is 6.61. The molecule has 0 atom stereocenters. The van der Waals surface area contributed by atoms with Gasteiger partial charge in [0.2, 0.25) is 0 Å². The molecule has 0 fully saturated rings. The van der Waals surface area contributed by atoms with Gasteiger partial charge in [0.1, 0.15) is 12.2 Å². The zero-order valence-electron chi connectivity index (χ0n) is 23.2. The average Bonchev–Trinajstić information content (AvgIpc) is 3.23. The van der Waals surface area contributed by atoms with Crippen molar-refractivity contribution in [3.63, 3.8) is 0 Å². The van der Waals surface area contributed by atoms with Crippen molar-refractivity contribution in [1.82, 2.24) is 10.2 Å². The first-order chi connectivity index (χ1) is 19.1. The number of nitrogens with one attached hydrogen (secondary N) is 1. The van der Waals surface area contributed by atoms with Gasteiger partial charge < -0.3 is 24.8 Å². The van der Waals surface area contributed by atoms with Gasteiger partial charge in [0, 0.05) is 32.0 Å². The smallest absolute Gasteiger partial charge is 0.410 e. The van der Waals surface area contributed by atoms with Crippen LogP contribution in [0, 0.1) is 0 Å². The summed E-state index contributed by atoms with van der Waals surface area (Å²) in [7, 11) is 0. The first-order valence-electron chi connectivity index (χ1n) is 13.5. The molecule has 0 heterocycles. The molecule has 2 N–H and O–H groups in total. The van der Waals surface area contributed by atoms with Crippen LogP contribution in [0.1, 0.15) is 61.8 Å². The number of carboxylic acid groups (broad SMARTS) is 1. The normalized spacial score (nSPS) is 12.3. The molecule has 40 heavy (non-hydrogen) atoms. The van der Waals surface area contributed by atoms with E-state index >= 15 is 0 Å². The van der Waals surface area contributed by atoms with E-state index in [1.165, 1.54) is 4.90 Å². The minimum atomic E-state index is -0.914. The Balaban J connectivity index is 1.43. The number of nitrogens with zero attached hydrogens (tertiary/aromatic N) is 1. The quantitative estimate of drug-likeness (QED) is 0.309. The minimum Gasteiger partial charge on any atom is -0.481 e. The molecule has 8 nitrogen and oxygen atoms in total.